The first-order valence-electron chi connectivity index (χ1n) is 5.63. The Bertz CT molecular complexity index is 443. The van der Waals surface area contributed by atoms with Crippen LogP contribution in [-0.4, -0.2) is 24.0 Å². The summed E-state index contributed by atoms with van der Waals surface area (Å²) in [5.41, 5.74) is 0.202. The Labute approximate surface area is 104 Å². The molecule has 1 aromatic carbocycles. The zero-order valence-corrected chi connectivity index (χ0v) is 10.1. The maximum Gasteiger partial charge on any atom is 0.303 e. The van der Waals surface area contributed by atoms with Gasteiger partial charge in [-0.2, -0.15) is 0 Å². The highest BCUT2D eigenvalue weighted by molar-refractivity contribution is 5.98. The molecular weight excluding hydrogens is 239 g/mol. The van der Waals surface area contributed by atoms with E-state index >= 15 is 0 Å². The number of carboxylic acids is 1. The van der Waals surface area contributed by atoms with Gasteiger partial charge >= 0.3 is 5.97 Å². The van der Waals surface area contributed by atoms with Gasteiger partial charge in [-0.25, -0.2) is 4.39 Å². The largest absolute Gasteiger partial charge is 0.496 e. The van der Waals surface area contributed by atoms with Crippen molar-refractivity contribution >= 4 is 11.8 Å². The minimum absolute atomic E-state index is 0.0353. The summed E-state index contributed by atoms with van der Waals surface area (Å²) in [6, 6.07) is 3.76. The Morgan fingerprint density at radius 2 is 1.94 bits per heavy atom. The van der Waals surface area contributed by atoms with Gasteiger partial charge in [-0.05, 0) is 31.0 Å². The van der Waals surface area contributed by atoms with Crippen LogP contribution in [0.3, 0.4) is 0 Å². The predicted octanol–water partition coefficient (Wildman–Crippen LogP) is 2.66. The molecule has 0 radical (unpaired) electrons. The summed E-state index contributed by atoms with van der Waals surface area (Å²) in [6.45, 7) is 0. The molecule has 18 heavy (non-hydrogen) atoms. The van der Waals surface area contributed by atoms with E-state index in [9.17, 15) is 14.0 Å². The Morgan fingerprint density at radius 3 is 2.56 bits per heavy atom. The van der Waals surface area contributed by atoms with Gasteiger partial charge in [0.05, 0.1) is 12.7 Å². The van der Waals surface area contributed by atoms with Crippen molar-refractivity contribution in [1.82, 2.24) is 0 Å². The number of hydrogen-bond donors (Lipinski definition) is 1. The minimum Gasteiger partial charge on any atom is -0.496 e. The normalized spacial score (nSPS) is 10.1. The van der Waals surface area contributed by atoms with Gasteiger partial charge in [0.2, 0.25) is 0 Å². The molecule has 1 N–H and O–H groups in total. The van der Waals surface area contributed by atoms with Gasteiger partial charge in [0.1, 0.15) is 11.6 Å². The monoisotopic (exact) mass is 254 g/mol. The van der Waals surface area contributed by atoms with Crippen molar-refractivity contribution in [3.05, 3.63) is 29.6 Å². The summed E-state index contributed by atoms with van der Waals surface area (Å²) < 4.78 is 18.0. The average Bonchev–Trinajstić information content (AvgIpc) is 2.34. The molecule has 98 valence electrons. The van der Waals surface area contributed by atoms with Crippen LogP contribution in [0.5, 0.6) is 5.75 Å². The summed E-state index contributed by atoms with van der Waals surface area (Å²) in [5.74, 6) is -1.29. The maximum absolute atomic E-state index is 13.1. The zero-order valence-electron chi connectivity index (χ0n) is 10.1. The summed E-state index contributed by atoms with van der Waals surface area (Å²) in [4.78, 5) is 22.1. The third kappa shape index (κ3) is 4.16. The zero-order chi connectivity index (χ0) is 13.5. The summed E-state index contributed by atoms with van der Waals surface area (Å²) in [6.07, 6.45) is 1.12. The first-order valence-corrected chi connectivity index (χ1v) is 5.63. The van der Waals surface area contributed by atoms with Crippen LogP contribution in [0.15, 0.2) is 18.2 Å². The third-order valence-electron chi connectivity index (χ3n) is 2.51. The van der Waals surface area contributed by atoms with Crippen LogP contribution in [-0.2, 0) is 4.79 Å². The number of carbonyl (C=O) groups is 2. The standard InChI is InChI=1S/C13H15FO4/c1-18-12-7-6-9(14)8-10(12)11(15)4-2-3-5-13(16)17/h6-8H,2-5H2,1H3,(H,16,17). The fourth-order valence-corrected chi connectivity index (χ4v) is 1.59. The number of carboxylic acid groups (broad SMARTS) is 1. The van der Waals surface area contributed by atoms with E-state index in [4.69, 9.17) is 9.84 Å². The topological polar surface area (TPSA) is 63.6 Å². The fourth-order valence-electron chi connectivity index (χ4n) is 1.59. The lowest BCUT2D eigenvalue weighted by molar-refractivity contribution is -0.137. The maximum atomic E-state index is 13.1. The third-order valence-corrected chi connectivity index (χ3v) is 2.51. The van der Waals surface area contributed by atoms with E-state index in [1.807, 2.05) is 0 Å². The first-order chi connectivity index (χ1) is 8.54. The SMILES string of the molecule is COc1ccc(F)cc1C(=O)CCCCC(=O)O. The van der Waals surface area contributed by atoms with E-state index < -0.39 is 11.8 Å². The van der Waals surface area contributed by atoms with Crippen molar-refractivity contribution in [2.24, 2.45) is 0 Å². The number of rotatable bonds is 7. The summed E-state index contributed by atoms with van der Waals surface area (Å²) in [7, 11) is 1.41. The highest BCUT2D eigenvalue weighted by atomic mass is 19.1. The molecule has 1 aromatic rings. The number of halogens is 1. The predicted molar refractivity (Wildman–Crippen MR) is 63.4 cm³/mol. The number of ketones is 1. The number of Topliss-reactive ketones (excluding diaryl/α,β-unsaturated/α-hetero) is 1. The van der Waals surface area contributed by atoms with E-state index in [0.717, 1.165) is 6.07 Å². The smallest absolute Gasteiger partial charge is 0.303 e. The fraction of sp³-hybridized carbons (Fsp3) is 0.385. The number of aliphatic carboxylic acids is 1. The molecule has 4 nitrogen and oxygen atoms in total. The van der Waals surface area contributed by atoms with Gasteiger partial charge in [-0.1, -0.05) is 0 Å². The van der Waals surface area contributed by atoms with Gasteiger partial charge < -0.3 is 9.84 Å². The first kappa shape index (κ1) is 14.2. The van der Waals surface area contributed by atoms with E-state index in [2.05, 4.69) is 0 Å². The van der Waals surface area contributed by atoms with Crippen molar-refractivity contribution in [1.29, 1.82) is 0 Å². The summed E-state index contributed by atoms with van der Waals surface area (Å²) in [5, 5.41) is 8.46. The van der Waals surface area contributed by atoms with Gasteiger partial charge in [-0.3, -0.25) is 9.59 Å². The van der Waals surface area contributed by atoms with Gasteiger partial charge in [-0.15, -0.1) is 0 Å². The number of ether oxygens (including phenoxy) is 1. The molecule has 0 aromatic heterocycles. The molecule has 0 fully saturated rings. The molecular formula is C13H15FO4. The highest BCUT2D eigenvalue weighted by Gasteiger charge is 2.13. The molecule has 0 amide bonds. The average molecular weight is 254 g/mol. The quantitative estimate of drug-likeness (QED) is 0.600. The van der Waals surface area contributed by atoms with E-state index in [0.29, 0.717) is 18.6 Å². The Morgan fingerprint density at radius 1 is 1.28 bits per heavy atom. The van der Waals surface area contributed by atoms with Crippen molar-refractivity contribution in [2.45, 2.75) is 25.7 Å². The lowest BCUT2D eigenvalue weighted by Gasteiger charge is -2.07. The van der Waals surface area contributed by atoms with E-state index in [1.165, 1.54) is 19.2 Å². The second-order valence-electron chi connectivity index (χ2n) is 3.87. The molecule has 0 aliphatic heterocycles. The Kier molecular flexibility index (Phi) is 5.30. The van der Waals surface area contributed by atoms with E-state index in [-0.39, 0.29) is 24.2 Å². The van der Waals surface area contributed by atoms with Crippen molar-refractivity contribution in [3.8, 4) is 5.75 Å². The van der Waals surface area contributed by atoms with Crippen LogP contribution in [0.4, 0.5) is 4.39 Å². The number of carbonyl (C=O) groups excluding carboxylic acids is 1. The molecule has 1 rings (SSSR count). The lowest BCUT2D eigenvalue weighted by atomic mass is 10.0. The summed E-state index contributed by atoms with van der Waals surface area (Å²) >= 11 is 0. The molecule has 0 unspecified atom stereocenters. The molecule has 0 atom stereocenters. The van der Waals surface area contributed by atoms with Crippen LogP contribution >= 0.6 is 0 Å². The molecule has 0 aliphatic carbocycles. The highest BCUT2D eigenvalue weighted by Crippen LogP contribution is 2.21. The molecule has 0 bridgehead atoms. The number of methoxy groups -OCH3 is 1. The molecule has 5 heteroatoms. The van der Waals surface area contributed by atoms with Crippen LogP contribution in [0.2, 0.25) is 0 Å². The van der Waals surface area contributed by atoms with Gasteiger partial charge in [0.25, 0.3) is 0 Å². The van der Waals surface area contributed by atoms with Crippen LogP contribution in [0.1, 0.15) is 36.0 Å². The molecule has 0 heterocycles. The lowest BCUT2D eigenvalue weighted by Crippen LogP contribution is -2.03. The van der Waals surface area contributed by atoms with Gasteiger partial charge in [0.15, 0.2) is 5.78 Å². The van der Waals surface area contributed by atoms with Crippen molar-refractivity contribution in [3.63, 3.8) is 0 Å². The second-order valence-corrected chi connectivity index (χ2v) is 3.87. The Balaban J connectivity index is 2.60. The van der Waals surface area contributed by atoms with E-state index in [1.54, 1.807) is 0 Å². The Hall–Kier alpha value is -1.91. The molecule has 0 aliphatic rings. The minimum atomic E-state index is -0.884. The number of hydrogen-bond acceptors (Lipinski definition) is 3. The molecule has 0 saturated carbocycles. The number of benzene rings is 1. The molecule has 0 spiro atoms. The van der Waals surface area contributed by atoms with Crippen molar-refractivity contribution < 1.29 is 23.8 Å². The second kappa shape index (κ2) is 6.74. The van der Waals surface area contributed by atoms with Gasteiger partial charge in [0, 0.05) is 12.8 Å². The number of unbranched alkanes of at least 4 members (excludes halogenated alkanes) is 1. The molecule has 0 saturated heterocycles. The van der Waals surface area contributed by atoms with Crippen LogP contribution in [0.25, 0.3) is 0 Å². The van der Waals surface area contributed by atoms with Crippen molar-refractivity contribution in [2.75, 3.05) is 7.11 Å². The van der Waals surface area contributed by atoms with Crippen LogP contribution < -0.4 is 4.74 Å². The van der Waals surface area contributed by atoms with Crippen LogP contribution in [0, 0.1) is 5.82 Å².